The van der Waals surface area contributed by atoms with Gasteiger partial charge in [0.1, 0.15) is 0 Å². The maximum absolute atomic E-state index is 1.62. The average molecular weight is 274 g/mol. The molecule has 0 spiro atoms. The van der Waals surface area contributed by atoms with Crippen molar-refractivity contribution in [3.05, 3.63) is 0 Å². The Labute approximate surface area is 126 Å². The number of rotatable bonds is 7. The summed E-state index contributed by atoms with van der Waals surface area (Å²) in [6.07, 6.45) is 22.1. The van der Waals surface area contributed by atoms with Crippen LogP contribution >= 0.6 is 0 Å². The van der Waals surface area contributed by atoms with Crippen LogP contribution in [-0.4, -0.2) is 0 Å². The van der Waals surface area contributed by atoms with Crippen molar-refractivity contribution in [2.45, 2.75) is 89.9 Å². The second-order valence-electron chi connectivity index (χ2n) is 8.94. The van der Waals surface area contributed by atoms with Gasteiger partial charge in [0, 0.05) is 0 Å². The summed E-state index contributed by atoms with van der Waals surface area (Å²) >= 11 is 0. The van der Waals surface area contributed by atoms with Gasteiger partial charge >= 0.3 is 0 Å². The Bertz CT molecular complexity index is 268. The van der Waals surface area contributed by atoms with E-state index in [4.69, 9.17) is 0 Å². The summed E-state index contributed by atoms with van der Waals surface area (Å²) in [6, 6.07) is 0. The molecule has 20 heavy (non-hydrogen) atoms. The maximum atomic E-state index is 1.62. The Hall–Kier alpha value is 0. The Morgan fingerprint density at radius 2 is 0.800 bits per heavy atom. The molecule has 0 saturated heterocycles. The van der Waals surface area contributed by atoms with Crippen molar-refractivity contribution in [1.29, 1.82) is 0 Å². The lowest BCUT2D eigenvalue weighted by Crippen LogP contribution is -2.38. The monoisotopic (exact) mass is 274 g/mol. The van der Waals surface area contributed by atoms with Gasteiger partial charge in [-0.15, -0.1) is 0 Å². The molecule has 0 nitrogen and oxygen atoms in total. The molecule has 4 aliphatic carbocycles. The third-order valence-electron chi connectivity index (χ3n) is 7.63. The zero-order chi connectivity index (χ0) is 13.4. The van der Waals surface area contributed by atoms with Gasteiger partial charge in [-0.1, -0.05) is 64.2 Å². The summed E-state index contributed by atoms with van der Waals surface area (Å²) in [6.45, 7) is 0. The van der Waals surface area contributed by atoms with Crippen molar-refractivity contribution in [3.63, 3.8) is 0 Å². The van der Waals surface area contributed by atoms with E-state index in [0.29, 0.717) is 0 Å². The van der Waals surface area contributed by atoms with E-state index in [-0.39, 0.29) is 0 Å². The molecular weight excluding hydrogens is 240 g/mol. The highest BCUT2D eigenvalue weighted by Crippen LogP contribution is 2.52. The summed E-state index contributed by atoms with van der Waals surface area (Å²) in [7, 11) is 0. The van der Waals surface area contributed by atoms with Gasteiger partial charge < -0.3 is 0 Å². The van der Waals surface area contributed by atoms with Crippen molar-refractivity contribution in [3.8, 4) is 0 Å². The van der Waals surface area contributed by atoms with Crippen LogP contribution in [0.5, 0.6) is 0 Å². The molecule has 4 rings (SSSR count). The Morgan fingerprint density at radius 3 is 1.10 bits per heavy atom. The first-order chi connectivity index (χ1) is 9.87. The summed E-state index contributed by atoms with van der Waals surface area (Å²) in [5, 5.41) is 0. The molecule has 0 atom stereocenters. The summed E-state index contributed by atoms with van der Waals surface area (Å²) in [5.41, 5.74) is 0. The highest BCUT2D eigenvalue weighted by atomic mass is 14.5. The molecular formula is C20H34. The summed E-state index contributed by atoms with van der Waals surface area (Å²) < 4.78 is 0. The molecule has 0 aliphatic heterocycles. The lowest BCUT2D eigenvalue weighted by molar-refractivity contribution is 0.0231. The van der Waals surface area contributed by atoms with E-state index in [1.807, 2.05) is 0 Å². The maximum Gasteiger partial charge on any atom is -0.0380 e. The normalized spacial score (nSPS) is 41.4. The second kappa shape index (κ2) is 6.01. The minimum atomic E-state index is 1.15. The minimum absolute atomic E-state index is 1.15. The van der Waals surface area contributed by atoms with Crippen LogP contribution in [0.1, 0.15) is 89.9 Å². The molecule has 0 radical (unpaired) electrons. The van der Waals surface area contributed by atoms with Crippen molar-refractivity contribution in [2.75, 3.05) is 0 Å². The molecule has 0 heterocycles. The standard InChI is InChI=1S/C20H34/c1-3-15(4-1)7-9-17-11-19(12-17)20-13-18(14-20)10-8-16-5-2-6-16/h15-20H,1-14H2. The van der Waals surface area contributed by atoms with Gasteiger partial charge in [0.25, 0.3) is 0 Å². The molecule has 0 aromatic heterocycles. The van der Waals surface area contributed by atoms with E-state index in [1.54, 1.807) is 77.0 Å². The topological polar surface area (TPSA) is 0 Å². The zero-order valence-electron chi connectivity index (χ0n) is 13.4. The molecule has 0 heteroatoms. The van der Waals surface area contributed by atoms with Crippen LogP contribution < -0.4 is 0 Å². The predicted molar refractivity (Wildman–Crippen MR) is 85.6 cm³/mol. The molecule has 4 fully saturated rings. The Kier molecular flexibility index (Phi) is 4.10. The molecule has 0 bridgehead atoms. The van der Waals surface area contributed by atoms with Crippen molar-refractivity contribution < 1.29 is 0 Å². The van der Waals surface area contributed by atoms with E-state index in [2.05, 4.69) is 0 Å². The molecule has 0 aromatic carbocycles. The third-order valence-corrected chi connectivity index (χ3v) is 7.63. The fourth-order valence-electron chi connectivity index (χ4n) is 5.32. The fraction of sp³-hybridized carbons (Fsp3) is 1.00. The highest BCUT2D eigenvalue weighted by molar-refractivity contribution is 4.92. The molecule has 0 N–H and O–H groups in total. The van der Waals surface area contributed by atoms with E-state index < -0.39 is 0 Å². The van der Waals surface area contributed by atoms with Gasteiger partial charge in [-0.25, -0.2) is 0 Å². The zero-order valence-corrected chi connectivity index (χ0v) is 13.4. The van der Waals surface area contributed by atoms with Gasteiger partial charge in [-0.3, -0.25) is 0 Å². The van der Waals surface area contributed by atoms with Crippen LogP contribution in [0.25, 0.3) is 0 Å². The Morgan fingerprint density at radius 1 is 0.450 bits per heavy atom. The second-order valence-corrected chi connectivity index (χ2v) is 8.94. The first-order valence-corrected chi connectivity index (χ1v) is 9.87. The van der Waals surface area contributed by atoms with Crippen LogP contribution in [0, 0.1) is 35.5 Å². The Balaban J connectivity index is 1.05. The molecule has 0 aromatic rings. The van der Waals surface area contributed by atoms with E-state index in [0.717, 1.165) is 23.7 Å². The number of hydrogen-bond donors (Lipinski definition) is 0. The van der Waals surface area contributed by atoms with Gasteiger partial charge in [0.05, 0.1) is 0 Å². The van der Waals surface area contributed by atoms with Gasteiger partial charge in [-0.05, 0) is 61.2 Å². The molecule has 0 amide bonds. The SMILES string of the molecule is C1CC(CCC2CC(C3CC(CCC4CCC4)C3)C2)C1. The van der Waals surface area contributed by atoms with E-state index in [1.165, 1.54) is 24.7 Å². The number of hydrogen-bond acceptors (Lipinski definition) is 0. The predicted octanol–water partition coefficient (Wildman–Crippen LogP) is 6.20. The largest absolute Gasteiger partial charge is 0.0528 e. The summed E-state index contributed by atoms with van der Waals surface area (Å²) in [4.78, 5) is 0. The molecule has 4 aliphatic rings. The van der Waals surface area contributed by atoms with Crippen molar-refractivity contribution in [2.24, 2.45) is 35.5 Å². The van der Waals surface area contributed by atoms with Crippen LogP contribution in [0.4, 0.5) is 0 Å². The molecule has 4 saturated carbocycles. The average Bonchev–Trinajstić information content (AvgIpc) is 2.21. The third kappa shape index (κ3) is 2.95. The van der Waals surface area contributed by atoms with Gasteiger partial charge in [0.15, 0.2) is 0 Å². The summed E-state index contributed by atoms with van der Waals surface area (Å²) in [5.74, 6) is 6.93. The quantitative estimate of drug-likeness (QED) is 0.518. The van der Waals surface area contributed by atoms with E-state index in [9.17, 15) is 0 Å². The van der Waals surface area contributed by atoms with Crippen LogP contribution in [-0.2, 0) is 0 Å². The smallest absolute Gasteiger partial charge is 0.0380 e. The van der Waals surface area contributed by atoms with Crippen molar-refractivity contribution >= 4 is 0 Å². The minimum Gasteiger partial charge on any atom is -0.0528 e. The lowest BCUT2D eigenvalue weighted by atomic mass is 9.57. The first-order valence-electron chi connectivity index (χ1n) is 9.87. The van der Waals surface area contributed by atoms with Gasteiger partial charge in [-0.2, -0.15) is 0 Å². The first kappa shape index (κ1) is 13.6. The van der Waals surface area contributed by atoms with Gasteiger partial charge in [0.2, 0.25) is 0 Å². The van der Waals surface area contributed by atoms with Crippen LogP contribution in [0.2, 0.25) is 0 Å². The van der Waals surface area contributed by atoms with E-state index >= 15 is 0 Å². The molecule has 0 unspecified atom stereocenters. The fourth-order valence-corrected chi connectivity index (χ4v) is 5.32. The van der Waals surface area contributed by atoms with Crippen LogP contribution in [0.3, 0.4) is 0 Å². The van der Waals surface area contributed by atoms with Crippen LogP contribution in [0.15, 0.2) is 0 Å². The molecule has 114 valence electrons. The lowest BCUT2D eigenvalue weighted by Gasteiger charge is -2.48. The highest BCUT2D eigenvalue weighted by Gasteiger charge is 2.41. The van der Waals surface area contributed by atoms with Crippen molar-refractivity contribution in [1.82, 2.24) is 0 Å².